The molecule has 1 unspecified atom stereocenters. The Kier molecular flexibility index (Phi) is 7.86. The second kappa shape index (κ2) is 9.71. The van der Waals surface area contributed by atoms with Crippen LogP contribution in [0.15, 0.2) is 24.3 Å². The lowest BCUT2D eigenvalue weighted by molar-refractivity contribution is -0.192. The number of piperidine rings is 1. The summed E-state index contributed by atoms with van der Waals surface area (Å²) < 4.78 is 43.6. The fourth-order valence-corrected chi connectivity index (χ4v) is 3.56. The van der Waals surface area contributed by atoms with Crippen LogP contribution in [0, 0.1) is 6.92 Å². The van der Waals surface area contributed by atoms with Crippen LogP contribution < -0.4 is 0 Å². The lowest BCUT2D eigenvalue weighted by Gasteiger charge is -2.38. The third kappa shape index (κ3) is 6.76. The molecule has 2 heterocycles. The summed E-state index contributed by atoms with van der Waals surface area (Å²) in [6, 6.07) is 8.90. The van der Waals surface area contributed by atoms with E-state index < -0.39 is 12.1 Å². The smallest absolute Gasteiger partial charge is 0.475 e. The van der Waals surface area contributed by atoms with Gasteiger partial charge in [0.1, 0.15) is 0 Å². The lowest BCUT2D eigenvalue weighted by Crippen LogP contribution is -2.43. The first-order valence-corrected chi connectivity index (χ1v) is 9.47. The molecule has 3 rings (SSSR count). The first-order valence-electron chi connectivity index (χ1n) is 9.47. The molecule has 1 aromatic carbocycles. The Balaban J connectivity index is 0.000000345. The van der Waals surface area contributed by atoms with Crippen LogP contribution in [0.1, 0.15) is 37.3 Å². The minimum Gasteiger partial charge on any atom is -0.475 e. The van der Waals surface area contributed by atoms with Gasteiger partial charge >= 0.3 is 12.1 Å². The third-order valence-corrected chi connectivity index (χ3v) is 5.11. The van der Waals surface area contributed by atoms with Crippen molar-refractivity contribution in [2.45, 2.75) is 57.5 Å². The van der Waals surface area contributed by atoms with Crippen molar-refractivity contribution < 1.29 is 32.5 Å². The highest BCUT2D eigenvalue weighted by Crippen LogP contribution is 2.37. The Labute approximate surface area is 163 Å². The first kappa shape index (κ1) is 22.6. The highest BCUT2D eigenvalue weighted by atomic mass is 19.4. The van der Waals surface area contributed by atoms with Gasteiger partial charge in [-0.05, 0) is 32.3 Å². The Morgan fingerprint density at radius 2 is 1.86 bits per heavy atom. The zero-order valence-corrected chi connectivity index (χ0v) is 16.3. The molecular weight excluding hydrogens is 375 g/mol. The molecule has 2 fully saturated rings. The summed E-state index contributed by atoms with van der Waals surface area (Å²) in [6.45, 7) is 9.11. The molecule has 8 heteroatoms. The quantitative estimate of drug-likeness (QED) is 0.829. The number of carboxylic acids is 1. The van der Waals surface area contributed by atoms with Crippen molar-refractivity contribution >= 4 is 5.97 Å². The molecule has 1 atom stereocenters. The Bertz CT molecular complexity index is 625. The van der Waals surface area contributed by atoms with E-state index in [2.05, 4.69) is 43.0 Å². The van der Waals surface area contributed by atoms with Crippen molar-refractivity contribution in [1.82, 2.24) is 4.90 Å². The number of benzene rings is 1. The molecular formula is C20H28F3NO4. The summed E-state index contributed by atoms with van der Waals surface area (Å²) in [4.78, 5) is 11.4. The number of aryl methyl sites for hydroxylation is 1. The molecule has 2 saturated heterocycles. The summed E-state index contributed by atoms with van der Waals surface area (Å²) in [6.07, 6.45) is -1.40. The average molecular weight is 403 g/mol. The van der Waals surface area contributed by atoms with Gasteiger partial charge in [-0.2, -0.15) is 13.2 Å². The topological polar surface area (TPSA) is 59.0 Å². The fourth-order valence-electron chi connectivity index (χ4n) is 3.56. The van der Waals surface area contributed by atoms with E-state index in [-0.39, 0.29) is 5.60 Å². The van der Waals surface area contributed by atoms with Crippen LogP contribution >= 0.6 is 0 Å². The number of carboxylic acid groups (broad SMARTS) is 1. The van der Waals surface area contributed by atoms with E-state index in [1.807, 2.05) is 0 Å². The van der Waals surface area contributed by atoms with Crippen molar-refractivity contribution in [3.8, 4) is 0 Å². The highest BCUT2D eigenvalue weighted by Gasteiger charge is 2.43. The van der Waals surface area contributed by atoms with Crippen molar-refractivity contribution in [1.29, 1.82) is 0 Å². The SMILES string of the molecule is CCOC1COC2(CCN(Cc3ccc(C)cc3)CC2)C1.O=C(O)C(F)(F)F. The molecule has 0 aromatic heterocycles. The maximum absolute atomic E-state index is 10.6. The predicted molar refractivity (Wildman–Crippen MR) is 98.1 cm³/mol. The number of nitrogens with zero attached hydrogens (tertiary/aromatic N) is 1. The summed E-state index contributed by atoms with van der Waals surface area (Å²) in [5.41, 5.74) is 2.85. The van der Waals surface area contributed by atoms with Gasteiger partial charge < -0.3 is 14.6 Å². The normalized spacial score (nSPS) is 22.0. The second-order valence-electron chi connectivity index (χ2n) is 7.34. The summed E-state index contributed by atoms with van der Waals surface area (Å²) in [7, 11) is 0. The number of halogens is 3. The van der Waals surface area contributed by atoms with Crippen LogP contribution in [-0.2, 0) is 20.8 Å². The molecule has 1 spiro atoms. The van der Waals surface area contributed by atoms with Gasteiger partial charge in [-0.1, -0.05) is 29.8 Å². The fraction of sp³-hybridized carbons (Fsp3) is 0.650. The molecule has 1 N–H and O–H groups in total. The number of carbonyl (C=O) groups is 1. The number of rotatable bonds is 4. The Morgan fingerprint density at radius 3 is 2.36 bits per heavy atom. The molecule has 0 saturated carbocycles. The molecule has 0 radical (unpaired) electrons. The maximum atomic E-state index is 10.6. The van der Waals surface area contributed by atoms with Crippen molar-refractivity contribution in [2.24, 2.45) is 0 Å². The van der Waals surface area contributed by atoms with Crippen LogP contribution in [0.25, 0.3) is 0 Å². The first-order chi connectivity index (χ1) is 13.1. The van der Waals surface area contributed by atoms with Gasteiger partial charge in [0.25, 0.3) is 0 Å². The number of hydrogen-bond acceptors (Lipinski definition) is 4. The van der Waals surface area contributed by atoms with Gasteiger partial charge in [0.05, 0.1) is 18.3 Å². The van der Waals surface area contributed by atoms with Gasteiger partial charge in [-0.25, -0.2) is 4.79 Å². The zero-order chi connectivity index (χ0) is 20.8. The molecule has 0 aliphatic carbocycles. The molecule has 5 nitrogen and oxygen atoms in total. The molecule has 0 amide bonds. The van der Waals surface area contributed by atoms with Gasteiger partial charge in [-0.3, -0.25) is 4.90 Å². The van der Waals surface area contributed by atoms with Crippen molar-refractivity contribution in [2.75, 3.05) is 26.3 Å². The number of alkyl halides is 3. The van der Waals surface area contributed by atoms with Gasteiger partial charge in [0.15, 0.2) is 0 Å². The standard InChI is InChI=1S/C18H27NO2.C2HF3O2/c1-3-20-17-12-18(21-14-17)8-10-19(11-9-18)13-16-6-4-15(2)5-7-16;3-2(4,5)1(6)7/h4-7,17H,3,8-14H2,1-2H3;(H,6,7). The maximum Gasteiger partial charge on any atom is 0.490 e. The Hall–Kier alpha value is -1.64. The van der Waals surface area contributed by atoms with Gasteiger partial charge in [0.2, 0.25) is 0 Å². The summed E-state index contributed by atoms with van der Waals surface area (Å²) in [5, 5.41) is 7.12. The van der Waals surface area contributed by atoms with E-state index >= 15 is 0 Å². The average Bonchev–Trinajstić information content (AvgIpc) is 3.02. The zero-order valence-electron chi connectivity index (χ0n) is 16.3. The van der Waals surface area contributed by atoms with E-state index in [0.717, 1.165) is 52.1 Å². The highest BCUT2D eigenvalue weighted by molar-refractivity contribution is 5.73. The molecule has 158 valence electrons. The Morgan fingerprint density at radius 1 is 1.29 bits per heavy atom. The number of likely N-dealkylation sites (tertiary alicyclic amines) is 1. The van der Waals surface area contributed by atoms with E-state index in [0.29, 0.717) is 6.10 Å². The van der Waals surface area contributed by atoms with Crippen molar-refractivity contribution in [3.63, 3.8) is 0 Å². The monoisotopic (exact) mass is 403 g/mol. The van der Waals surface area contributed by atoms with Crippen LogP contribution in [0.2, 0.25) is 0 Å². The molecule has 2 aliphatic heterocycles. The third-order valence-electron chi connectivity index (χ3n) is 5.11. The second-order valence-corrected chi connectivity index (χ2v) is 7.34. The van der Waals surface area contributed by atoms with Crippen molar-refractivity contribution in [3.05, 3.63) is 35.4 Å². The molecule has 2 aliphatic rings. The number of ether oxygens (including phenoxy) is 2. The van der Waals surface area contributed by atoms with E-state index in [9.17, 15) is 13.2 Å². The van der Waals surface area contributed by atoms with Gasteiger partial charge in [-0.15, -0.1) is 0 Å². The van der Waals surface area contributed by atoms with E-state index in [1.54, 1.807) is 0 Å². The van der Waals surface area contributed by atoms with Crippen LogP contribution in [0.5, 0.6) is 0 Å². The minimum absolute atomic E-state index is 0.101. The summed E-state index contributed by atoms with van der Waals surface area (Å²) >= 11 is 0. The number of aliphatic carboxylic acids is 1. The molecule has 28 heavy (non-hydrogen) atoms. The lowest BCUT2D eigenvalue weighted by atomic mass is 9.88. The molecule has 0 bridgehead atoms. The minimum atomic E-state index is -5.08. The van der Waals surface area contributed by atoms with E-state index in [1.165, 1.54) is 11.1 Å². The number of hydrogen-bond donors (Lipinski definition) is 1. The predicted octanol–water partition coefficient (Wildman–Crippen LogP) is 3.79. The summed E-state index contributed by atoms with van der Waals surface area (Å²) in [5.74, 6) is -2.76. The van der Waals surface area contributed by atoms with Gasteiger partial charge in [0, 0.05) is 32.7 Å². The molecule has 1 aromatic rings. The van der Waals surface area contributed by atoms with Crippen LogP contribution in [-0.4, -0.2) is 60.2 Å². The van der Waals surface area contributed by atoms with E-state index in [4.69, 9.17) is 19.4 Å². The van der Waals surface area contributed by atoms with Crippen LogP contribution in [0.4, 0.5) is 13.2 Å². The van der Waals surface area contributed by atoms with Crippen LogP contribution in [0.3, 0.4) is 0 Å². The largest absolute Gasteiger partial charge is 0.490 e.